The second-order valence-electron chi connectivity index (χ2n) is 7.91. The van der Waals surface area contributed by atoms with E-state index in [-0.39, 0.29) is 17.3 Å². The molecule has 2 amide bonds. The lowest BCUT2D eigenvalue weighted by Crippen LogP contribution is -2.52. The molecular weight excluding hydrogens is 454 g/mol. The van der Waals surface area contributed by atoms with Crippen LogP contribution in [0.25, 0.3) is 0 Å². The van der Waals surface area contributed by atoms with Gasteiger partial charge in [0.05, 0.1) is 24.2 Å². The van der Waals surface area contributed by atoms with Crippen LogP contribution in [0.5, 0.6) is 0 Å². The number of para-hydroxylation sites is 1. The molecule has 0 spiro atoms. The minimum atomic E-state index is -3.90. The Morgan fingerprint density at radius 2 is 1.71 bits per heavy atom. The van der Waals surface area contributed by atoms with Crippen LogP contribution in [0.1, 0.15) is 30.2 Å². The first kappa shape index (κ1) is 25.2. The van der Waals surface area contributed by atoms with Crippen LogP contribution < -0.4 is 14.9 Å². The summed E-state index contributed by atoms with van der Waals surface area (Å²) in [5, 5.41) is 2.80. The van der Waals surface area contributed by atoms with E-state index in [1.54, 1.807) is 43.3 Å². The van der Waals surface area contributed by atoms with Crippen LogP contribution in [0.15, 0.2) is 76.2 Å². The molecule has 0 bridgehead atoms. The van der Waals surface area contributed by atoms with Crippen molar-refractivity contribution < 1.29 is 22.4 Å². The van der Waals surface area contributed by atoms with Gasteiger partial charge in [0.1, 0.15) is 11.8 Å². The number of nitrogens with one attached hydrogen (secondary N) is 2. The van der Waals surface area contributed by atoms with Crippen LogP contribution >= 0.6 is 0 Å². The zero-order valence-corrected chi connectivity index (χ0v) is 20.3. The molecule has 0 aliphatic heterocycles. The highest BCUT2D eigenvalue weighted by Crippen LogP contribution is 2.24. The van der Waals surface area contributed by atoms with Crippen LogP contribution in [-0.2, 0) is 26.2 Å². The summed E-state index contributed by atoms with van der Waals surface area (Å²) in [6, 6.07) is 16.1. The van der Waals surface area contributed by atoms with Crippen LogP contribution in [0.3, 0.4) is 0 Å². The van der Waals surface area contributed by atoms with Gasteiger partial charge in [0.2, 0.25) is 21.8 Å². The molecule has 3 rings (SSSR count). The summed E-state index contributed by atoms with van der Waals surface area (Å²) < 4.78 is 33.1. The summed E-state index contributed by atoms with van der Waals surface area (Å²) in [4.78, 5) is 27.9. The van der Waals surface area contributed by atoms with Gasteiger partial charge < -0.3 is 9.73 Å². The van der Waals surface area contributed by atoms with E-state index >= 15 is 0 Å². The minimum Gasteiger partial charge on any atom is -0.467 e. The number of sulfonamides is 1. The Kier molecular flexibility index (Phi) is 8.25. The molecule has 8 nitrogen and oxygen atoms in total. The Labute approximate surface area is 200 Å². The van der Waals surface area contributed by atoms with Crippen molar-refractivity contribution in [1.29, 1.82) is 0 Å². The van der Waals surface area contributed by atoms with Gasteiger partial charge in [-0.3, -0.25) is 14.5 Å². The number of rotatable bonds is 10. The van der Waals surface area contributed by atoms with Crippen LogP contribution in [0, 0.1) is 13.8 Å². The number of nitrogens with zero attached hydrogens (tertiary/aromatic N) is 1. The summed E-state index contributed by atoms with van der Waals surface area (Å²) in [6.45, 7) is 5.17. The normalized spacial score (nSPS) is 12.2. The van der Waals surface area contributed by atoms with Gasteiger partial charge in [-0.1, -0.05) is 42.8 Å². The van der Waals surface area contributed by atoms with E-state index < -0.39 is 28.5 Å². The van der Waals surface area contributed by atoms with Crippen molar-refractivity contribution in [2.45, 2.75) is 44.7 Å². The highest BCUT2D eigenvalue weighted by atomic mass is 32.2. The van der Waals surface area contributed by atoms with Gasteiger partial charge in [-0.05, 0) is 56.2 Å². The predicted molar refractivity (Wildman–Crippen MR) is 130 cm³/mol. The topological polar surface area (TPSA) is 109 Å². The van der Waals surface area contributed by atoms with Gasteiger partial charge in [-0.25, -0.2) is 13.1 Å². The van der Waals surface area contributed by atoms with Crippen molar-refractivity contribution in [3.63, 3.8) is 0 Å². The number of furan rings is 1. The number of hydrogen-bond acceptors (Lipinski definition) is 5. The molecule has 0 fully saturated rings. The van der Waals surface area contributed by atoms with Crippen molar-refractivity contribution in [1.82, 2.24) is 10.0 Å². The van der Waals surface area contributed by atoms with Crippen LogP contribution in [-0.4, -0.2) is 32.8 Å². The fraction of sp³-hybridized carbons (Fsp3) is 0.280. The number of hydrogen-bond donors (Lipinski definition) is 2. The summed E-state index contributed by atoms with van der Waals surface area (Å²) in [7, 11) is -3.90. The monoisotopic (exact) mass is 483 g/mol. The number of benzene rings is 2. The standard InChI is InChI=1S/C25H29N3O5S/c1-4-22(25(30)26-16-20-9-7-15-33-20)28(23-10-6-5-8-19(23)3)24(29)17-27-34(31,32)21-13-11-18(2)12-14-21/h5-15,22,27H,4,16-17H2,1-3H3,(H,26,30)/t22-/m0/s1. The van der Waals surface area contributed by atoms with Gasteiger partial charge in [-0.15, -0.1) is 0 Å². The molecule has 2 N–H and O–H groups in total. The number of aryl methyl sites for hydroxylation is 2. The molecular formula is C25H29N3O5S. The molecule has 2 aromatic carbocycles. The first-order valence-corrected chi connectivity index (χ1v) is 12.5. The van der Waals surface area contributed by atoms with E-state index in [1.165, 1.54) is 23.3 Å². The Hall–Kier alpha value is -3.43. The smallest absolute Gasteiger partial charge is 0.243 e. The summed E-state index contributed by atoms with van der Waals surface area (Å²) in [5.74, 6) is -0.315. The first-order chi connectivity index (χ1) is 16.2. The third-order valence-corrected chi connectivity index (χ3v) is 6.82. The third kappa shape index (κ3) is 6.12. The molecule has 0 saturated carbocycles. The summed E-state index contributed by atoms with van der Waals surface area (Å²) >= 11 is 0. The van der Waals surface area contributed by atoms with Crippen molar-refractivity contribution in [2.24, 2.45) is 0 Å². The van der Waals surface area contributed by atoms with Crippen LogP contribution in [0.4, 0.5) is 5.69 Å². The highest BCUT2D eigenvalue weighted by Gasteiger charge is 2.31. The highest BCUT2D eigenvalue weighted by molar-refractivity contribution is 7.89. The van der Waals surface area contributed by atoms with E-state index in [0.29, 0.717) is 17.9 Å². The second kappa shape index (κ2) is 11.1. The van der Waals surface area contributed by atoms with E-state index in [4.69, 9.17) is 4.42 Å². The molecule has 0 saturated heterocycles. The molecule has 0 aliphatic carbocycles. The van der Waals surface area contributed by atoms with Crippen LogP contribution in [0.2, 0.25) is 0 Å². The fourth-order valence-electron chi connectivity index (χ4n) is 3.54. The Morgan fingerprint density at radius 3 is 2.32 bits per heavy atom. The molecule has 1 atom stereocenters. The first-order valence-electron chi connectivity index (χ1n) is 11.0. The summed E-state index contributed by atoms with van der Waals surface area (Å²) in [5.41, 5.74) is 2.25. The number of anilines is 1. The quantitative estimate of drug-likeness (QED) is 0.460. The molecule has 34 heavy (non-hydrogen) atoms. The van der Waals surface area contributed by atoms with Crippen molar-refractivity contribution in [2.75, 3.05) is 11.4 Å². The van der Waals surface area contributed by atoms with Gasteiger partial charge in [0.15, 0.2) is 0 Å². The predicted octanol–water partition coefficient (Wildman–Crippen LogP) is 3.30. The molecule has 1 heterocycles. The molecule has 0 unspecified atom stereocenters. The lowest BCUT2D eigenvalue weighted by atomic mass is 10.1. The molecule has 0 radical (unpaired) electrons. The number of carbonyl (C=O) groups is 2. The third-order valence-electron chi connectivity index (χ3n) is 5.41. The zero-order chi connectivity index (χ0) is 24.7. The summed E-state index contributed by atoms with van der Waals surface area (Å²) in [6.07, 6.45) is 1.84. The molecule has 0 aliphatic rings. The molecule has 1 aromatic heterocycles. The molecule has 9 heteroatoms. The van der Waals surface area contributed by atoms with E-state index in [1.807, 2.05) is 26.0 Å². The van der Waals surface area contributed by atoms with Crippen molar-refractivity contribution in [3.8, 4) is 0 Å². The Morgan fingerprint density at radius 1 is 1.00 bits per heavy atom. The number of carbonyl (C=O) groups excluding carboxylic acids is 2. The van der Waals surface area contributed by atoms with Gasteiger partial charge in [-0.2, -0.15) is 0 Å². The maximum Gasteiger partial charge on any atom is 0.243 e. The lowest BCUT2D eigenvalue weighted by molar-refractivity contribution is -0.126. The van der Waals surface area contributed by atoms with E-state index in [9.17, 15) is 18.0 Å². The second-order valence-corrected chi connectivity index (χ2v) is 9.68. The van der Waals surface area contributed by atoms with Gasteiger partial charge in [0.25, 0.3) is 0 Å². The maximum absolute atomic E-state index is 13.4. The average Bonchev–Trinajstić information content (AvgIpc) is 3.34. The van der Waals surface area contributed by atoms with Gasteiger partial charge in [0, 0.05) is 5.69 Å². The SMILES string of the molecule is CC[C@@H](C(=O)NCc1ccco1)N(C(=O)CNS(=O)(=O)c1ccc(C)cc1)c1ccccc1C. The Bertz CT molecular complexity index is 1220. The van der Waals surface area contributed by atoms with Crippen molar-refractivity contribution >= 4 is 27.5 Å². The average molecular weight is 484 g/mol. The van der Waals surface area contributed by atoms with Gasteiger partial charge >= 0.3 is 0 Å². The lowest BCUT2D eigenvalue weighted by Gasteiger charge is -2.31. The minimum absolute atomic E-state index is 0.0663. The largest absolute Gasteiger partial charge is 0.467 e. The van der Waals surface area contributed by atoms with E-state index in [2.05, 4.69) is 10.0 Å². The molecule has 180 valence electrons. The fourth-order valence-corrected chi connectivity index (χ4v) is 4.52. The number of amides is 2. The van der Waals surface area contributed by atoms with Crippen molar-refractivity contribution in [3.05, 3.63) is 83.8 Å². The van der Waals surface area contributed by atoms with E-state index in [0.717, 1.165) is 11.1 Å². The Balaban J connectivity index is 1.83. The maximum atomic E-state index is 13.4. The molecule has 3 aromatic rings. The zero-order valence-electron chi connectivity index (χ0n) is 19.4.